The highest BCUT2D eigenvalue weighted by atomic mass is 35.5. The fourth-order valence-electron chi connectivity index (χ4n) is 2.74. The lowest BCUT2D eigenvalue weighted by molar-refractivity contribution is -0.127. The summed E-state index contributed by atoms with van der Waals surface area (Å²) in [7, 11) is 0. The van der Waals surface area contributed by atoms with Crippen molar-refractivity contribution in [3.63, 3.8) is 0 Å². The van der Waals surface area contributed by atoms with Crippen molar-refractivity contribution in [2.75, 3.05) is 0 Å². The van der Waals surface area contributed by atoms with Crippen molar-refractivity contribution in [2.24, 2.45) is 0 Å². The molecular formula is C16H20ClNO3. The predicted octanol–water partition coefficient (Wildman–Crippen LogP) is 3.81. The molecule has 1 aliphatic rings. The molecule has 1 aliphatic carbocycles. The van der Waals surface area contributed by atoms with Crippen LogP contribution in [-0.4, -0.2) is 18.0 Å². The number of alkyl carbamates (subject to hydrolysis) is 1. The van der Waals surface area contributed by atoms with Crippen molar-refractivity contribution < 1.29 is 14.3 Å². The summed E-state index contributed by atoms with van der Waals surface area (Å²) in [6, 6.07) is 7.15. The zero-order valence-corrected chi connectivity index (χ0v) is 13.1. The molecule has 1 atom stereocenters. The number of halogens is 1. The minimum Gasteiger partial charge on any atom is -0.447 e. The largest absolute Gasteiger partial charge is 0.447 e. The van der Waals surface area contributed by atoms with Gasteiger partial charge in [-0.25, -0.2) is 4.79 Å². The second kappa shape index (κ2) is 6.48. The summed E-state index contributed by atoms with van der Waals surface area (Å²) in [5, 5.41) is 3.26. The van der Waals surface area contributed by atoms with Crippen molar-refractivity contribution in [3.05, 3.63) is 34.9 Å². The van der Waals surface area contributed by atoms with Gasteiger partial charge in [-0.05, 0) is 39.2 Å². The number of hydrogen-bond donors (Lipinski definition) is 1. The maximum Gasteiger partial charge on any atom is 0.408 e. The molecule has 1 fully saturated rings. The molecule has 21 heavy (non-hydrogen) atoms. The van der Waals surface area contributed by atoms with Gasteiger partial charge >= 0.3 is 6.09 Å². The van der Waals surface area contributed by atoms with E-state index in [9.17, 15) is 9.59 Å². The second-order valence-corrected chi connectivity index (χ2v) is 6.00. The predicted molar refractivity (Wildman–Crippen MR) is 81.4 cm³/mol. The van der Waals surface area contributed by atoms with E-state index < -0.39 is 11.6 Å². The van der Waals surface area contributed by atoms with Crippen molar-refractivity contribution in [1.82, 2.24) is 5.32 Å². The molecule has 5 heteroatoms. The molecule has 0 bridgehead atoms. The van der Waals surface area contributed by atoms with Gasteiger partial charge in [-0.3, -0.25) is 4.79 Å². The Hall–Kier alpha value is -1.55. The summed E-state index contributed by atoms with van der Waals surface area (Å²) in [6.45, 7) is 3.54. The molecule has 1 unspecified atom stereocenters. The Morgan fingerprint density at radius 1 is 1.33 bits per heavy atom. The zero-order chi connectivity index (χ0) is 15.5. The van der Waals surface area contributed by atoms with Crippen LogP contribution in [0.4, 0.5) is 4.79 Å². The van der Waals surface area contributed by atoms with Crippen LogP contribution in [0.1, 0.15) is 45.1 Å². The molecule has 114 valence electrons. The fraction of sp³-hybridized carbons (Fsp3) is 0.500. The average Bonchev–Trinajstić information content (AvgIpc) is 2.41. The first-order chi connectivity index (χ1) is 9.95. The van der Waals surface area contributed by atoms with Gasteiger partial charge in [0.15, 0.2) is 5.78 Å². The maximum absolute atomic E-state index is 12.6. The average molecular weight is 310 g/mol. The van der Waals surface area contributed by atoms with E-state index >= 15 is 0 Å². The Morgan fingerprint density at radius 2 is 2.05 bits per heavy atom. The summed E-state index contributed by atoms with van der Waals surface area (Å²) < 4.78 is 5.14. The van der Waals surface area contributed by atoms with Crippen LogP contribution in [-0.2, 0) is 15.1 Å². The third-order valence-corrected chi connectivity index (χ3v) is 4.00. The zero-order valence-electron chi connectivity index (χ0n) is 12.3. The number of amides is 1. The first-order valence-electron chi connectivity index (χ1n) is 7.23. The van der Waals surface area contributed by atoms with E-state index in [1.165, 1.54) is 0 Å². The number of benzene rings is 1. The molecule has 0 spiro atoms. The summed E-state index contributed by atoms with van der Waals surface area (Å²) in [4.78, 5) is 24.6. The molecule has 2 rings (SSSR count). The van der Waals surface area contributed by atoms with Crippen molar-refractivity contribution >= 4 is 23.5 Å². The normalized spacial score (nSPS) is 22.2. The van der Waals surface area contributed by atoms with Gasteiger partial charge in [-0.2, -0.15) is 0 Å². The minimum absolute atomic E-state index is 0.0115. The third kappa shape index (κ3) is 3.38. The number of Topliss-reactive ketones (excluding diaryl/α,β-unsaturated/α-hetero) is 1. The highest BCUT2D eigenvalue weighted by Crippen LogP contribution is 2.38. The Bertz CT molecular complexity index is 544. The molecule has 1 N–H and O–H groups in total. The molecular weight excluding hydrogens is 290 g/mol. The van der Waals surface area contributed by atoms with Gasteiger partial charge in [0.1, 0.15) is 5.54 Å². The van der Waals surface area contributed by atoms with E-state index in [1.807, 2.05) is 6.07 Å². The molecule has 1 aromatic rings. The van der Waals surface area contributed by atoms with Crippen LogP contribution in [0.15, 0.2) is 24.3 Å². The number of rotatable bonds is 3. The Balaban J connectivity index is 2.38. The van der Waals surface area contributed by atoms with Crippen LogP contribution < -0.4 is 5.32 Å². The fourth-order valence-corrected chi connectivity index (χ4v) is 3.04. The van der Waals surface area contributed by atoms with Gasteiger partial charge in [0.25, 0.3) is 0 Å². The first kappa shape index (κ1) is 15.8. The molecule has 0 radical (unpaired) electrons. The summed E-state index contributed by atoms with van der Waals surface area (Å²) >= 11 is 6.26. The molecule has 1 amide bonds. The van der Waals surface area contributed by atoms with Gasteiger partial charge in [-0.1, -0.05) is 29.8 Å². The molecule has 1 aromatic carbocycles. The maximum atomic E-state index is 12.6. The number of ether oxygens (including phenoxy) is 1. The molecule has 4 nitrogen and oxygen atoms in total. The number of hydrogen-bond acceptors (Lipinski definition) is 3. The minimum atomic E-state index is -1.07. The van der Waals surface area contributed by atoms with E-state index in [2.05, 4.69) is 5.32 Å². The highest BCUT2D eigenvalue weighted by Gasteiger charge is 2.44. The third-order valence-electron chi connectivity index (χ3n) is 3.67. The summed E-state index contributed by atoms with van der Waals surface area (Å²) in [6.07, 6.45) is 1.85. The Morgan fingerprint density at radius 3 is 2.67 bits per heavy atom. The number of nitrogens with one attached hydrogen (secondary N) is 1. The van der Waals surface area contributed by atoms with Crippen LogP contribution >= 0.6 is 11.6 Å². The van der Waals surface area contributed by atoms with E-state index in [0.29, 0.717) is 23.4 Å². The number of carbonyl (C=O) groups excluding carboxylic acids is 2. The van der Waals surface area contributed by atoms with Crippen LogP contribution in [0, 0.1) is 0 Å². The standard InChI is InChI=1S/C16H20ClNO3/c1-11(2)21-15(20)18-16(10-6-5-9-14(16)19)12-7-3-4-8-13(12)17/h3-4,7-8,11H,5-6,9-10H2,1-2H3,(H,18,20). The smallest absolute Gasteiger partial charge is 0.408 e. The SMILES string of the molecule is CC(C)OC(=O)NC1(c2ccccc2Cl)CCCCC1=O. The lowest BCUT2D eigenvalue weighted by Crippen LogP contribution is -2.53. The number of carbonyl (C=O) groups is 2. The van der Waals surface area contributed by atoms with Gasteiger partial charge in [0.05, 0.1) is 6.10 Å². The second-order valence-electron chi connectivity index (χ2n) is 5.59. The summed E-state index contributed by atoms with van der Waals surface area (Å²) in [5.74, 6) is -0.0115. The van der Waals surface area contributed by atoms with Crippen LogP contribution in [0.5, 0.6) is 0 Å². The van der Waals surface area contributed by atoms with E-state index in [0.717, 1.165) is 12.8 Å². The topological polar surface area (TPSA) is 55.4 Å². The van der Waals surface area contributed by atoms with Crippen molar-refractivity contribution in [1.29, 1.82) is 0 Å². The lowest BCUT2D eigenvalue weighted by atomic mass is 9.75. The van der Waals surface area contributed by atoms with Crippen molar-refractivity contribution in [2.45, 2.75) is 51.2 Å². The quantitative estimate of drug-likeness (QED) is 0.923. The van der Waals surface area contributed by atoms with Crippen LogP contribution in [0.2, 0.25) is 5.02 Å². The van der Waals surface area contributed by atoms with Crippen molar-refractivity contribution in [3.8, 4) is 0 Å². The molecule has 0 heterocycles. The van der Waals surface area contributed by atoms with E-state index in [4.69, 9.17) is 16.3 Å². The highest BCUT2D eigenvalue weighted by molar-refractivity contribution is 6.31. The molecule has 0 aliphatic heterocycles. The summed E-state index contributed by atoms with van der Waals surface area (Å²) in [5.41, 5.74) is -0.417. The van der Waals surface area contributed by atoms with Crippen LogP contribution in [0.25, 0.3) is 0 Å². The number of ketones is 1. The van der Waals surface area contributed by atoms with Gasteiger partial charge in [0, 0.05) is 17.0 Å². The lowest BCUT2D eigenvalue weighted by Gasteiger charge is -2.37. The monoisotopic (exact) mass is 309 g/mol. The van der Waals surface area contributed by atoms with Crippen LogP contribution in [0.3, 0.4) is 0 Å². The van der Waals surface area contributed by atoms with E-state index in [-0.39, 0.29) is 11.9 Å². The molecule has 0 aromatic heterocycles. The van der Waals surface area contributed by atoms with E-state index in [1.54, 1.807) is 32.0 Å². The molecule has 1 saturated carbocycles. The molecule has 0 saturated heterocycles. The van der Waals surface area contributed by atoms with Gasteiger partial charge < -0.3 is 10.1 Å². The van der Waals surface area contributed by atoms with Gasteiger partial charge in [-0.15, -0.1) is 0 Å². The Kier molecular flexibility index (Phi) is 4.88. The van der Waals surface area contributed by atoms with Gasteiger partial charge in [0.2, 0.25) is 0 Å². The first-order valence-corrected chi connectivity index (χ1v) is 7.60. The Labute approximate surface area is 129 Å².